The summed E-state index contributed by atoms with van der Waals surface area (Å²) < 4.78 is 5.66. The molecule has 2 aromatic carbocycles. The molecule has 0 unspecified atom stereocenters. The number of ether oxygens (including phenoxy) is 1. The predicted octanol–water partition coefficient (Wildman–Crippen LogP) is 4.72. The van der Waals surface area contributed by atoms with Crippen LogP contribution in [-0.2, 0) is 14.3 Å². The molecule has 1 saturated heterocycles. The molecular weight excluding hydrogens is 410 g/mol. The van der Waals surface area contributed by atoms with Crippen LogP contribution in [-0.4, -0.2) is 22.5 Å². The van der Waals surface area contributed by atoms with Crippen LogP contribution in [0.4, 0.5) is 5.69 Å². The summed E-state index contributed by atoms with van der Waals surface area (Å²) in [6.45, 7) is 4.76. The lowest BCUT2D eigenvalue weighted by Gasteiger charge is -2.44. The Morgan fingerprint density at radius 1 is 1.07 bits per heavy atom. The van der Waals surface area contributed by atoms with Crippen LogP contribution in [0.25, 0.3) is 0 Å². The number of Topliss-reactive ketones (excluding diaryl/α,β-unsaturated/α-hetero) is 2. The molecule has 1 aliphatic heterocycles. The third-order valence-electron chi connectivity index (χ3n) is 5.50. The number of hydrogen-bond donors (Lipinski definition) is 0. The standard InChI is InChI=1S/C22H20ClNO6/c1-21(2)18(14-4-8-15(23)9-5-14)30-20(27)22(3,19(21)26)12-17(25)13-6-10-16(11-7-13)24(28)29/h4-11,18H,12H2,1-3H3/t18-,22+/m1/s1. The average Bonchev–Trinajstić information content (AvgIpc) is 2.70. The molecule has 0 bridgehead atoms. The van der Waals surface area contributed by atoms with E-state index in [1.165, 1.54) is 31.2 Å². The molecule has 30 heavy (non-hydrogen) atoms. The third-order valence-corrected chi connectivity index (χ3v) is 5.76. The molecule has 0 aromatic heterocycles. The molecule has 156 valence electrons. The molecule has 0 spiro atoms. The van der Waals surface area contributed by atoms with Crippen molar-refractivity contribution in [3.05, 3.63) is 74.8 Å². The van der Waals surface area contributed by atoms with Gasteiger partial charge in [-0.2, -0.15) is 0 Å². The zero-order valence-corrected chi connectivity index (χ0v) is 17.4. The van der Waals surface area contributed by atoms with Crippen molar-refractivity contribution in [3.63, 3.8) is 0 Å². The monoisotopic (exact) mass is 429 g/mol. The van der Waals surface area contributed by atoms with Crippen molar-refractivity contribution in [1.29, 1.82) is 0 Å². The summed E-state index contributed by atoms with van der Waals surface area (Å²) >= 11 is 5.92. The maximum atomic E-state index is 13.4. The maximum absolute atomic E-state index is 13.4. The Bertz CT molecular complexity index is 1030. The molecule has 3 rings (SSSR count). The summed E-state index contributed by atoms with van der Waals surface area (Å²) in [4.78, 5) is 49.2. The van der Waals surface area contributed by atoms with E-state index >= 15 is 0 Å². The number of nitro groups is 1. The molecule has 7 nitrogen and oxygen atoms in total. The molecule has 1 aliphatic rings. The lowest BCUT2D eigenvalue weighted by molar-refractivity contribution is -0.384. The number of cyclic esters (lactones) is 1. The third kappa shape index (κ3) is 3.73. The van der Waals surface area contributed by atoms with E-state index in [0.717, 1.165) is 0 Å². The molecule has 0 aliphatic carbocycles. The Morgan fingerprint density at radius 2 is 1.63 bits per heavy atom. The Labute approximate surface area is 178 Å². The van der Waals surface area contributed by atoms with Crippen LogP contribution in [0, 0.1) is 20.9 Å². The van der Waals surface area contributed by atoms with Gasteiger partial charge in [0.25, 0.3) is 5.69 Å². The number of ketones is 2. The van der Waals surface area contributed by atoms with E-state index in [1.54, 1.807) is 38.1 Å². The second-order valence-corrected chi connectivity index (χ2v) is 8.56. The number of carbonyl (C=O) groups excluding carboxylic acids is 3. The van der Waals surface area contributed by atoms with Crippen molar-refractivity contribution >= 4 is 34.8 Å². The number of benzene rings is 2. The zero-order valence-electron chi connectivity index (χ0n) is 16.7. The van der Waals surface area contributed by atoms with Crippen LogP contribution in [0.15, 0.2) is 48.5 Å². The molecule has 0 saturated carbocycles. The van der Waals surface area contributed by atoms with Crippen molar-refractivity contribution in [2.45, 2.75) is 33.3 Å². The lowest BCUT2D eigenvalue weighted by Crippen LogP contribution is -2.54. The Balaban J connectivity index is 1.87. The summed E-state index contributed by atoms with van der Waals surface area (Å²) in [5.41, 5.74) is -2.08. The minimum Gasteiger partial charge on any atom is -0.456 e. The van der Waals surface area contributed by atoms with E-state index in [-0.39, 0.29) is 17.7 Å². The number of halogens is 1. The number of nitro benzene ring substituents is 1. The first-order valence-corrected chi connectivity index (χ1v) is 9.64. The highest BCUT2D eigenvalue weighted by atomic mass is 35.5. The van der Waals surface area contributed by atoms with Crippen molar-refractivity contribution in [2.24, 2.45) is 10.8 Å². The topological polar surface area (TPSA) is 104 Å². The second-order valence-electron chi connectivity index (χ2n) is 8.12. The molecular formula is C22H20ClNO6. The summed E-state index contributed by atoms with van der Waals surface area (Å²) in [6.07, 6.45) is -1.20. The first-order valence-electron chi connectivity index (χ1n) is 9.26. The lowest BCUT2D eigenvalue weighted by atomic mass is 9.64. The molecule has 0 N–H and O–H groups in total. The fourth-order valence-corrected chi connectivity index (χ4v) is 3.90. The van der Waals surface area contributed by atoms with Crippen molar-refractivity contribution in [1.82, 2.24) is 0 Å². The van der Waals surface area contributed by atoms with Crippen LogP contribution in [0.3, 0.4) is 0 Å². The Morgan fingerprint density at radius 3 is 2.17 bits per heavy atom. The van der Waals surface area contributed by atoms with Crippen LogP contribution in [0.5, 0.6) is 0 Å². The van der Waals surface area contributed by atoms with Gasteiger partial charge in [-0.1, -0.05) is 23.7 Å². The van der Waals surface area contributed by atoms with Crippen molar-refractivity contribution in [2.75, 3.05) is 0 Å². The van der Waals surface area contributed by atoms with E-state index in [4.69, 9.17) is 16.3 Å². The second kappa shape index (κ2) is 7.65. The fraction of sp³-hybridized carbons (Fsp3) is 0.318. The molecule has 0 radical (unpaired) electrons. The van der Waals surface area contributed by atoms with Gasteiger partial charge in [-0.25, -0.2) is 0 Å². The van der Waals surface area contributed by atoms with Crippen LogP contribution >= 0.6 is 11.6 Å². The number of esters is 1. The van der Waals surface area contributed by atoms with Gasteiger partial charge in [0.1, 0.15) is 11.5 Å². The van der Waals surface area contributed by atoms with Gasteiger partial charge in [-0.15, -0.1) is 0 Å². The Hall–Kier alpha value is -3.06. The predicted molar refractivity (Wildman–Crippen MR) is 109 cm³/mol. The molecule has 1 fully saturated rings. The van der Waals surface area contributed by atoms with Gasteiger partial charge in [0, 0.05) is 29.1 Å². The number of nitrogens with zero attached hydrogens (tertiary/aromatic N) is 1. The highest BCUT2D eigenvalue weighted by Crippen LogP contribution is 2.49. The largest absolute Gasteiger partial charge is 0.456 e. The quantitative estimate of drug-likeness (QED) is 0.224. The molecule has 2 aromatic rings. The highest BCUT2D eigenvalue weighted by molar-refractivity contribution is 6.30. The normalized spacial score (nSPS) is 23.0. The van der Waals surface area contributed by atoms with E-state index < -0.39 is 39.4 Å². The molecule has 1 heterocycles. The van der Waals surface area contributed by atoms with Crippen LogP contribution < -0.4 is 0 Å². The smallest absolute Gasteiger partial charge is 0.320 e. The first-order chi connectivity index (χ1) is 14.0. The highest BCUT2D eigenvalue weighted by Gasteiger charge is 2.58. The number of hydrogen-bond acceptors (Lipinski definition) is 6. The first kappa shape index (κ1) is 21.6. The minimum atomic E-state index is -1.66. The number of carbonyl (C=O) groups is 3. The van der Waals surface area contributed by atoms with E-state index in [9.17, 15) is 24.5 Å². The van der Waals surface area contributed by atoms with Gasteiger partial charge < -0.3 is 4.74 Å². The van der Waals surface area contributed by atoms with Crippen molar-refractivity contribution < 1.29 is 24.0 Å². The SMILES string of the molecule is CC1(C)C(=O)[C@](C)(CC(=O)c2ccc([N+](=O)[O-])cc2)C(=O)O[C@@H]1c1ccc(Cl)cc1. The minimum absolute atomic E-state index is 0.155. The number of rotatable bonds is 5. The Kier molecular flexibility index (Phi) is 5.52. The summed E-state index contributed by atoms with van der Waals surface area (Å²) in [6, 6.07) is 11.7. The van der Waals surface area contributed by atoms with Crippen LogP contribution in [0.1, 0.15) is 49.2 Å². The maximum Gasteiger partial charge on any atom is 0.320 e. The van der Waals surface area contributed by atoms with Crippen LogP contribution in [0.2, 0.25) is 5.02 Å². The summed E-state index contributed by atoms with van der Waals surface area (Å²) in [7, 11) is 0. The average molecular weight is 430 g/mol. The van der Waals surface area contributed by atoms with Crippen molar-refractivity contribution in [3.8, 4) is 0 Å². The van der Waals surface area contributed by atoms with Gasteiger partial charge in [-0.05, 0) is 50.6 Å². The molecule has 2 atom stereocenters. The van der Waals surface area contributed by atoms with Gasteiger partial charge in [0.2, 0.25) is 0 Å². The number of non-ortho nitro benzene ring substituents is 1. The van der Waals surface area contributed by atoms with E-state index in [1.807, 2.05) is 0 Å². The van der Waals surface area contributed by atoms with Gasteiger partial charge in [0.15, 0.2) is 11.6 Å². The fourth-order valence-electron chi connectivity index (χ4n) is 3.77. The van der Waals surface area contributed by atoms with Gasteiger partial charge in [-0.3, -0.25) is 24.5 Å². The van der Waals surface area contributed by atoms with Gasteiger partial charge in [0.05, 0.1) is 10.3 Å². The summed E-state index contributed by atoms with van der Waals surface area (Å²) in [5.74, 6) is -1.65. The zero-order chi connectivity index (χ0) is 22.3. The summed E-state index contributed by atoms with van der Waals surface area (Å²) in [5, 5.41) is 11.3. The van der Waals surface area contributed by atoms with E-state index in [0.29, 0.717) is 10.6 Å². The molecule has 0 amide bonds. The van der Waals surface area contributed by atoms with E-state index in [2.05, 4.69) is 0 Å². The van der Waals surface area contributed by atoms with Gasteiger partial charge >= 0.3 is 5.97 Å². The molecule has 8 heteroatoms.